The van der Waals surface area contributed by atoms with Crippen LogP contribution in [0.2, 0.25) is 0 Å². The number of H-pyrrole nitrogens is 1. The van der Waals surface area contributed by atoms with Gasteiger partial charge < -0.3 is 24.5 Å². The van der Waals surface area contributed by atoms with E-state index in [0.29, 0.717) is 41.3 Å². The zero-order chi connectivity index (χ0) is 22.5. The summed E-state index contributed by atoms with van der Waals surface area (Å²) in [6, 6.07) is 18.9. The number of nitrogens with one attached hydrogen (secondary N) is 2. The van der Waals surface area contributed by atoms with Crippen LogP contribution in [0.25, 0.3) is 21.7 Å². The normalized spacial score (nSPS) is 10.8. The Morgan fingerprint density at radius 2 is 1.69 bits per heavy atom. The Kier molecular flexibility index (Phi) is 6.26. The van der Waals surface area contributed by atoms with E-state index in [1.807, 2.05) is 42.5 Å². The Hall–Kier alpha value is -4.00. The van der Waals surface area contributed by atoms with Crippen LogP contribution in [0.15, 0.2) is 65.5 Å². The standard InChI is InChI=1S/C25H24N2O5/c1-30-21-9-10-22(31-2)24-20(21)14-18(25(29)27-24)11-12-26-23(28)15-32-19-8-7-16-5-3-4-6-17(16)13-19/h3-10,13-14H,11-12,15H2,1-2H3,(H,26,28)(H,27,29). The van der Waals surface area contributed by atoms with Gasteiger partial charge in [-0.25, -0.2) is 0 Å². The van der Waals surface area contributed by atoms with E-state index in [-0.39, 0.29) is 18.1 Å². The number of aromatic nitrogens is 1. The molecule has 1 aromatic heterocycles. The number of hydrogen-bond acceptors (Lipinski definition) is 5. The second kappa shape index (κ2) is 9.43. The van der Waals surface area contributed by atoms with Gasteiger partial charge in [0.1, 0.15) is 17.2 Å². The van der Waals surface area contributed by atoms with Crippen molar-refractivity contribution >= 4 is 27.6 Å². The summed E-state index contributed by atoms with van der Waals surface area (Å²) in [5, 5.41) is 5.69. The average Bonchev–Trinajstić information content (AvgIpc) is 2.82. The number of hydrogen-bond donors (Lipinski definition) is 2. The Labute approximate surface area is 184 Å². The molecule has 0 aliphatic rings. The summed E-state index contributed by atoms with van der Waals surface area (Å²) in [5.74, 6) is 1.57. The second-order valence-corrected chi connectivity index (χ2v) is 7.28. The van der Waals surface area contributed by atoms with Crippen molar-refractivity contribution in [2.75, 3.05) is 27.4 Å². The Morgan fingerprint density at radius 3 is 2.47 bits per heavy atom. The molecular weight excluding hydrogens is 408 g/mol. The van der Waals surface area contributed by atoms with Crippen molar-refractivity contribution in [3.8, 4) is 17.2 Å². The lowest BCUT2D eigenvalue weighted by Crippen LogP contribution is -2.31. The van der Waals surface area contributed by atoms with Gasteiger partial charge in [-0.05, 0) is 47.5 Å². The molecule has 1 heterocycles. The topological polar surface area (TPSA) is 89.7 Å². The molecule has 32 heavy (non-hydrogen) atoms. The maximum absolute atomic E-state index is 12.5. The molecule has 0 atom stereocenters. The molecule has 0 unspecified atom stereocenters. The first-order chi connectivity index (χ1) is 15.6. The smallest absolute Gasteiger partial charge is 0.257 e. The molecule has 3 aromatic carbocycles. The second-order valence-electron chi connectivity index (χ2n) is 7.28. The zero-order valence-corrected chi connectivity index (χ0v) is 17.9. The molecular formula is C25H24N2O5. The Balaban J connectivity index is 1.37. The van der Waals surface area contributed by atoms with Crippen LogP contribution >= 0.6 is 0 Å². The van der Waals surface area contributed by atoms with E-state index in [4.69, 9.17) is 14.2 Å². The van der Waals surface area contributed by atoms with E-state index in [1.54, 1.807) is 32.4 Å². The van der Waals surface area contributed by atoms with Gasteiger partial charge in [0, 0.05) is 17.5 Å². The van der Waals surface area contributed by atoms with Crippen LogP contribution in [-0.4, -0.2) is 38.3 Å². The van der Waals surface area contributed by atoms with Crippen LogP contribution < -0.4 is 25.1 Å². The third-order valence-electron chi connectivity index (χ3n) is 5.26. The number of aromatic amines is 1. The molecule has 0 saturated carbocycles. The highest BCUT2D eigenvalue weighted by atomic mass is 16.5. The molecule has 0 fully saturated rings. The van der Waals surface area contributed by atoms with E-state index < -0.39 is 0 Å². The van der Waals surface area contributed by atoms with Gasteiger partial charge in [0.05, 0.1) is 19.7 Å². The fourth-order valence-electron chi connectivity index (χ4n) is 3.61. The van der Waals surface area contributed by atoms with Gasteiger partial charge in [0.15, 0.2) is 6.61 Å². The third kappa shape index (κ3) is 4.51. The lowest BCUT2D eigenvalue weighted by Gasteiger charge is -2.11. The van der Waals surface area contributed by atoms with Crippen molar-refractivity contribution in [2.45, 2.75) is 6.42 Å². The van der Waals surface area contributed by atoms with E-state index in [0.717, 1.165) is 16.2 Å². The average molecular weight is 432 g/mol. The van der Waals surface area contributed by atoms with Crippen LogP contribution in [0.4, 0.5) is 0 Å². The SMILES string of the molecule is COc1ccc(OC)c2[nH]c(=O)c(CCNC(=O)COc3ccc4ccccc4c3)cc12. The molecule has 0 bridgehead atoms. The van der Waals surface area contributed by atoms with Crippen molar-refractivity contribution in [2.24, 2.45) is 0 Å². The molecule has 4 aromatic rings. The van der Waals surface area contributed by atoms with Gasteiger partial charge in [-0.3, -0.25) is 9.59 Å². The van der Waals surface area contributed by atoms with Crippen molar-refractivity contribution in [1.29, 1.82) is 0 Å². The Morgan fingerprint density at radius 1 is 0.938 bits per heavy atom. The highest BCUT2D eigenvalue weighted by molar-refractivity contribution is 5.90. The Bertz CT molecular complexity index is 1330. The van der Waals surface area contributed by atoms with Gasteiger partial charge in [-0.1, -0.05) is 30.3 Å². The minimum absolute atomic E-state index is 0.0998. The fraction of sp³-hybridized carbons (Fsp3) is 0.200. The molecule has 4 rings (SSSR count). The molecule has 1 amide bonds. The quantitative estimate of drug-likeness (QED) is 0.445. The monoisotopic (exact) mass is 432 g/mol. The zero-order valence-electron chi connectivity index (χ0n) is 17.9. The lowest BCUT2D eigenvalue weighted by molar-refractivity contribution is -0.123. The highest BCUT2D eigenvalue weighted by Crippen LogP contribution is 2.31. The number of ether oxygens (including phenoxy) is 3. The number of carbonyl (C=O) groups is 1. The number of rotatable bonds is 8. The molecule has 0 radical (unpaired) electrons. The molecule has 0 spiro atoms. The summed E-state index contributed by atoms with van der Waals surface area (Å²) in [5.41, 5.74) is 0.888. The molecule has 7 heteroatoms. The van der Waals surface area contributed by atoms with Crippen molar-refractivity contribution in [1.82, 2.24) is 10.3 Å². The summed E-state index contributed by atoms with van der Waals surface area (Å²) in [6.07, 6.45) is 0.368. The maximum Gasteiger partial charge on any atom is 0.257 e. The molecule has 164 valence electrons. The summed E-state index contributed by atoms with van der Waals surface area (Å²) in [6.45, 7) is 0.207. The molecule has 0 saturated heterocycles. The van der Waals surface area contributed by atoms with E-state index in [9.17, 15) is 9.59 Å². The highest BCUT2D eigenvalue weighted by Gasteiger charge is 2.12. The number of fused-ring (bicyclic) bond motifs is 2. The largest absolute Gasteiger partial charge is 0.496 e. The fourth-order valence-corrected chi connectivity index (χ4v) is 3.61. The minimum atomic E-state index is -0.255. The van der Waals surface area contributed by atoms with Gasteiger partial charge >= 0.3 is 0 Å². The molecule has 2 N–H and O–H groups in total. The number of pyridine rings is 1. The van der Waals surface area contributed by atoms with Gasteiger partial charge in [-0.15, -0.1) is 0 Å². The lowest BCUT2D eigenvalue weighted by atomic mass is 10.1. The summed E-state index contributed by atoms with van der Waals surface area (Å²) >= 11 is 0. The van der Waals surface area contributed by atoms with Gasteiger partial charge in [0.25, 0.3) is 11.5 Å². The number of carbonyl (C=O) groups excluding carboxylic acids is 1. The van der Waals surface area contributed by atoms with E-state index >= 15 is 0 Å². The summed E-state index contributed by atoms with van der Waals surface area (Å²) in [4.78, 5) is 27.6. The maximum atomic E-state index is 12.5. The predicted octanol–water partition coefficient (Wildman–Crippen LogP) is 3.44. The van der Waals surface area contributed by atoms with Crippen LogP contribution in [0.3, 0.4) is 0 Å². The first-order valence-corrected chi connectivity index (χ1v) is 10.2. The molecule has 7 nitrogen and oxygen atoms in total. The molecule has 0 aliphatic carbocycles. The van der Waals surface area contributed by atoms with E-state index in [2.05, 4.69) is 10.3 Å². The number of amides is 1. The van der Waals surface area contributed by atoms with Gasteiger partial charge in [0.2, 0.25) is 0 Å². The third-order valence-corrected chi connectivity index (χ3v) is 5.26. The van der Waals surface area contributed by atoms with E-state index in [1.165, 1.54) is 0 Å². The van der Waals surface area contributed by atoms with Crippen LogP contribution in [0, 0.1) is 0 Å². The van der Waals surface area contributed by atoms with Crippen molar-refractivity contribution in [3.05, 3.63) is 76.6 Å². The number of benzene rings is 3. The van der Waals surface area contributed by atoms with Crippen LogP contribution in [0.5, 0.6) is 17.2 Å². The van der Waals surface area contributed by atoms with Gasteiger partial charge in [-0.2, -0.15) is 0 Å². The number of methoxy groups -OCH3 is 2. The molecule has 0 aliphatic heterocycles. The predicted molar refractivity (Wildman–Crippen MR) is 124 cm³/mol. The first kappa shape index (κ1) is 21.2. The summed E-state index contributed by atoms with van der Waals surface area (Å²) in [7, 11) is 3.12. The minimum Gasteiger partial charge on any atom is -0.496 e. The first-order valence-electron chi connectivity index (χ1n) is 10.2. The van der Waals surface area contributed by atoms with Crippen molar-refractivity contribution in [3.63, 3.8) is 0 Å². The van der Waals surface area contributed by atoms with Crippen molar-refractivity contribution < 1.29 is 19.0 Å². The summed E-state index contributed by atoms with van der Waals surface area (Å²) < 4.78 is 16.3. The van der Waals surface area contributed by atoms with Crippen LogP contribution in [-0.2, 0) is 11.2 Å². The van der Waals surface area contributed by atoms with Crippen LogP contribution in [0.1, 0.15) is 5.56 Å².